The molecule has 1 N–H and O–H groups in total. The third-order valence-electron chi connectivity index (χ3n) is 3.84. The molecule has 1 saturated heterocycles. The van der Waals surface area contributed by atoms with Gasteiger partial charge in [0.25, 0.3) is 0 Å². The molecule has 1 atom stereocenters. The van der Waals surface area contributed by atoms with Crippen molar-refractivity contribution in [1.29, 1.82) is 0 Å². The molecule has 0 aromatic carbocycles. The van der Waals surface area contributed by atoms with Crippen LogP contribution in [-0.2, 0) is 15.9 Å². The quantitative estimate of drug-likeness (QED) is 0.722. The number of nitrogens with zero attached hydrogens (tertiary/aromatic N) is 3. The maximum atomic E-state index is 5.64. The Labute approximate surface area is 120 Å². The molecular formula is C14H26N4O2. The summed E-state index contributed by atoms with van der Waals surface area (Å²) >= 11 is 0. The second-order valence-electron chi connectivity index (χ2n) is 5.86. The van der Waals surface area contributed by atoms with Crippen LogP contribution in [0.3, 0.4) is 0 Å². The molecule has 1 unspecified atom stereocenters. The second kappa shape index (κ2) is 7.15. The molecule has 6 nitrogen and oxygen atoms in total. The number of methoxy groups -OCH3 is 1. The van der Waals surface area contributed by atoms with Crippen molar-refractivity contribution in [3.63, 3.8) is 0 Å². The first-order valence-corrected chi connectivity index (χ1v) is 7.33. The molecule has 114 valence electrons. The van der Waals surface area contributed by atoms with Gasteiger partial charge in [0.15, 0.2) is 0 Å². The Bertz CT molecular complexity index is 400. The first-order chi connectivity index (χ1) is 9.67. The Kier molecular flexibility index (Phi) is 5.51. The van der Waals surface area contributed by atoms with Crippen molar-refractivity contribution < 1.29 is 9.47 Å². The summed E-state index contributed by atoms with van der Waals surface area (Å²) < 4.78 is 12.7. The molecule has 20 heavy (non-hydrogen) atoms. The van der Waals surface area contributed by atoms with Gasteiger partial charge in [-0.1, -0.05) is 0 Å². The van der Waals surface area contributed by atoms with E-state index in [2.05, 4.69) is 29.2 Å². The first kappa shape index (κ1) is 15.4. The molecule has 6 heteroatoms. The Morgan fingerprint density at radius 3 is 3.05 bits per heavy atom. The number of hydrogen-bond donors (Lipinski definition) is 1. The lowest BCUT2D eigenvalue weighted by Gasteiger charge is -2.27. The molecule has 1 aromatic rings. The van der Waals surface area contributed by atoms with E-state index in [9.17, 15) is 0 Å². The average molecular weight is 282 g/mol. The molecule has 2 heterocycles. The highest BCUT2D eigenvalue weighted by molar-refractivity contribution is 4.98. The normalized spacial score (nSPS) is 22.8. The van der Waals surface area contributed by atoms with Crippen molar-refractivity contribution in [2.75, 3.05) is 40.0 Å². The monoisotopic (exact) mass is 282 g/mol. The topological polar surface area (TPSA) is 61.2 Å². The lowest BCUT2D eigenvalue weighted by atomic mass is 9.83. The van der Waals surface area contributed by atoms with Crippen LogP contribution in [0.15, 0.2) is 6.33 Å². The van der Waals surface area contributed by atoms with Gasteiger partial charge in [0.1, 0.15) is 12.2 Å². The summed E-state index contributed by atoms with van der Waals surface area (Å²) in [6, 6.07) is 0.341. The smallest absolute Gasteiger partial charge is 0.138 e. The number of nitrogens with one attached hydrogen (secondary N) is 1. The highest BCUT2D eigenvalue weighted by Gasteiger charge is 2.36. The number of rotatable bonds is 8. The van der Waals surface area contributed by atoms with Crippen LogP contribution in [0.1, 0.15) is 32.1 Å². The van der Waals surface area contributed by atoms with Gasteiger partial charge in [0, 0.05) is 44.7 Å². The zero-order valence-electron chi connectivity index (χ0n) is 12.8. The molecule has 0 amide bonds. The van der Waals surface area contributed by atoms with Crippen LogP contribution in [0, 0.1) is 5.41 Å². The molecule has 0 spiro atoms. The molecular weight excluding hydrogens is 256 g/mol. The van der Waals surface area contributed by atoms with E-state index in [0.29, 0.717) is 6.04 Å². The van der Waals surface area contributed by atoms with E-state index in [4.69, 9.17) is 9.47 Å². The summed E-state index contributed by atoms with van der Waals surface area (Å²) in [6.07, 6.45) is 3.63. The van der Waals surface area contributed by atoms with Crippen molar-refractivity contribution in [2.24, 2.45) is 5.41 Å². The van der Waals surface area contributed by atoms with Crippen LogP contribution in [0.4, 0.5) is 0 Å². The molecule has 1 aliphatic heterocycles. The molecule has 1 fully saturated rings. The number of hydrogen-bond acceptors (Lipinski definition) is 5. The number of ether oxygens (including phenoxy) is 2. The number of aromatic nitrogens is 3. The van der Waals surface area contributed by atoms with Crippen molar-refractivity contribution in [3.05, 3.63) is 12.2 Å². The van der Waals surface area contributed by atoms with Gasteiger partial charge >= 0.3 is 0 Å². The van der Waals surface area contributed by atoms with Crippen LogP contribution < -0.4 is 5.32 Å². The van der Waals surface area contributed by atoms with Crippen LogP contribution in [0.5, 0.6) is 0 Å². The summed E-state index contributed by atoms with van der Waals surface area (Å²) in [5, 5.41) is 7.79. The van der Waals surface area contributed by atoms with E-state index in [1.807, 2.05) is 4.68 Å². The van der Waals surface area contributed by atoms with E-state index in [1.54, 1.807) is 13.4 Å². The summed E-state index contributed by atoms with van der Waals surface area (Å²) in [6.45, 7) is 8.43. The third-order valence-corrected chi connectivity index (χ3v) is 3.84. The highest BCUT2D eigenvalue weighted by Crippen LogP contribution is 2.32. The standard InChI is InChI=1S/C14H26N4O2/c1-12(2)18-13(16-11-17-18)8-14(4-6-20-10-14)9-15-5-7-19-3/h11-12,15H,4-10H2,1-3H3. The fourth-order valence-corrected chi connectivity index (χ4v) is 2.69. The third kappa shape index (κ3) is 3.77. The van der Waals surface area contributed by atoms with Crippen molar-refractivity contribution >= 4 is 0 Å². The van der Waals surface area contributed by atoms with Crippen LogP contribution in [0.25, 0.3) is 0 Å². The Morgan fingerprint density at radius 2 is 2.40 bits per heavy atom. The second-order valence-corrected chi connectivity index (χ2v) is 5.86. The van der Waals surface area contributed by atoms with Gasteiger partial charge in [0.05, 0.1) is 13.2 Å². The fourth-order valence-electron chi connectivity index (χ4n) is 2.69. The molecule has 2 rings (SSSR count). The molecule has 1 aliphatic rings. The Hall–Kier alpha value is -0.980. The van der Waals surface area contributed by atoms with E-state index in [0.717, 1.165) is 51.6 Å². The van der Waals surface area contributed by atoms with Gasteiger partial charge in [-0.2, -0.15) is 5.10 Å². The predicted octanol–water partition coefficient (Wildman–Crippen LogP) is 1.04. The minimum Gasteiger partial charge on any atom is -0.383 e. The first-order valence-electron chi connectivity index (χ1n) is 7.33. The van der Waals surface area contributed by atoms with Gasteiger partial charge in [-0.15, -0.1) is 0 Å². The minimum atomic E-state index is 0.132. The summed E-state index contributed by atoms with van der Waals surface area (Å²) in [5.74, 6) is 1.05. The molecule has 0 radical (unpaired) electrons. The van der Waals surface area contributed by atoms with Gasteiger partial charge in [0.2, 0.25) is 0 Å². The predicted molar refractivity (Wildman–Crippen MR) is 76.7 cm³/mol. The van der Waals surface area contributed by atoms with Crippen LogP contribution >= 0.6 is 0 Å². The van der Waals surface area contributed by atoms with Crippen molar-refractivity contribution in [1.82, 2.24) is 20.1 Å². The molecule has 0 bridgehead atoms. The summed E-state index contributed by atoms with van der Waals surface area (Å²) in [5.41, 5.74) is 0.132. The maximum absolute atomic E-state index is 5.64. The maximum Gasteiger partial charge on any atom is 0.138 e. The summed E-state index contributed by atoms with van der Waals surface area (Å²) in [4.78, 5) is 4.43. The van der Waals surface area contributed by atoms with E-state index < -0.39 is 0 Å². The van der Waals surface area contributed by atoms with E-state index in [1.165, 1.54) is 0 Å². The van der Waals surface area contributed by atoms with E-state index in [-0.39, 0.29) is 5.41 Å². The molecule has 0 aliphatic carbocycles. The Morgan fingerprint density at radius 1 is 1.55 bits per heavy atom. The lowest BCUT2D eigenvalue weighted by Crippen LogP contribution is -2.38. The minimum absolute atomic E-state index is 0.132. The zero-order valence-corrected chi connectivity index (χ0v) is 12.8. The van der Waals surface area contributed by atoms with Crippen LogP contribution in [-0.4, -0.2) is 54.8 Å². The van der Waals surface area contributed by atoms with Crippen molar-refractivity contribution in [2.45, 2.75) is 32.7 Å². The molecule has 1 aromatic heterocycles. The van der Waals surface area contributed by atoms with Gasteiger partial charge in [-0.25, -0.2) is 9.67 Å². The van der Waals surface area contributed by atoms with Crippen molar-refractivity contribution in [3.8, 4) is 0 Å². The average Bonchev–Trinajstić information content (AvgIpc) is 3.05. The van der Waals surface area contributed by atoms with Gasteiger partial charge in [-0.3, -0.25) is 0 Å². The lowest BCUT2D eigenvalue weighted by molar-refractivity contribution is 0.142. The Balaban J connectivity index is 1.99. The van der Waals surface area contributed by atoms with Gasteiger partial charge < -0.3 is 14.8 Å². The highest BCUT2D eigenvalue weighted by atomic mass is 16.5. The largest absolute Gasteiger partial charge is 0.383 e. The zero-order chi connectivity index (χ0) is 14.4. The van der Waals surface area contributed by atoms with Gasteiger partial charge in [-0.05, 0) is 20.3 Å². The fraction of sp³-hybridized carbons (Fsp3) is 0.857. The SMILES string of the molecule is COCCNCC1(Cc2ncnn2C(C)C)CCOC1. The molecule has 0 saturated carbocycles. The summed E-state index contributed by atoms with van der Waals surface area (Å²) in [7, 11) is 1.72. The van der Waals surface area contributed by atoms with Crippen LogP contribution in [0.2, 0.25) is 0 Å². The van der Waals surface area contributed by atoms with E-state index >= 15 is 0 Å².